The number of nitrogens with zero attached hydrogens (tertiary/aromatic N) is 5. The van der Waals surface area contributed by atoms with E-state index in [1.807, 2.05) is 19.1 Å². The molecule has 3 aromatic heterocycles. The zero-order chi connectivity index (χ0) is 15.4. The van der Waals surface area contributed by atoms with Crippen molar-refractivity contribution in [1.82, 2.24) is 25.3 Å². The number of rotatable bonds is 6. The van der Waals surface area contributed by atoms with Gasteiger partial charge >= 0.3 is 0 Å². The summed E-state index contributed by atoms with van der Waals surface area (Å²) in [6.07, 6.45) is 5.17. The van der Waals surface area contributed by atoms with E-state index in [1.54, 1.807) is 12.4 Å². The number of hydrogen-bond acceptors (Lipinski definition) is 8. The van der Waals surface area contributed by atoms with Crippen LogP contribution in [0.5, 0.6) is 0 Å². The Morgan fingerprint density at radius 3 is 3.00 bits per heavy atom. The van der Waals surface area contributed by atoms with Gasteiger partial charge in [-0.15, -0.1) is 10.2 Å². The number of aromatic nitrogens is 5. The van der Waals surface area contributed by atoms with Crippen molar-refractivity contribution in [2.45, 2.75) is 37.2 Å². The van der Waals surface area contributed by atoms with Gasteiger partial charge in [-0.25, -0.2) is 0 Å². The van der Waals surface area contributed by atoms with Crippen molar-refractivity contribution in [3.63, 3.8) is 0 Å². The van der Waals surface area contributed by atoms with E-state index in [2.05, 4.69) is 32.2 Å². The Kier molecular flexibility index (Phi) is 4.47. The average Bonchev–Trinajstić information content (AvgIpc) is 3.18. The Balaban J connectivity index is 1.69. The minimum Gasteiger partial charge on any atom is -0.411 e. The molecule has 0 bridgehead atoms. The molecular formula is C14H15N5O2S. The van der Waals surface area contributed by atoms with E-state index in [1.165, 1.54) is 11.8 Å². The van der Waals surface area contributed by atoms with Crippen molar-refractivity contribution in [3.8, 4) is 11.5 Å². The van der Waals surface area contributed by atoms with Crippen LogP contribution in [-0.4, -0.2) is 25.3 Å². The first kappa shape index (κ1) is 14.7. The number of aryl methyl sites for hydroxylation is 1. The van der Waals surface area contributed by atoms with Crippen LogP contribution in [0.2, 0.25) is 0 Å². The summed E-state index contributed by atoms with van der Waals surface area (Å²) in [5, 5.41) is 12.4. The van der Waals surface area contributed by atoms with Crippen LogP contribution < -0.4 is 0 Å². The molecule has 0 saturated carbocycles. The van der Waals surface area contributed by atoms with Gasteiger partial charge in [0.25, 0.3) is 5.22 Å². The van der Waals surface area contributed by atoms with Gasteiger partial charge in [-0.2, -0.15) is 4.98 Å². The maximum absolute atomic E-state index is 5.63. The lowest BCUT2D eigenvalue weighted by Gasteiger charge is -2.00. The summed E-state index contributed by atoms with van der Waals surface area (Å²) in [5.74, 6) is 1.74. The van der Waals surface area contributed by atoms with Gasteiger partial charge in [0.15, 0.2) is 5.82 Å². The van der Waals surface area contributed by atoms with E-state index < -0.39 is 0 Å². The van der Waals surface area contributed by atoms with Crippen molar-refractivity contribution in [2.24, 2.45) is 0 Å². The number of pyridine rings is 1. The molecule has 0 aliphatic carbocycles. The van der Waals surface area contributed by atoms with Gasteiger partial charge in [0.2, 0.25) is 11.8 Å². The zero-order valence-electron chi connectivity index (χ0n) is 12.3. The summed E-state index contributed by atoms with van der Waals surface area (Å²) in [7, 11) is 0. The molecule has 0 N–H and O–H groups in total. The van der Waals surface area contributed by atoms with Crippen LogP contribution in [0.4, 0.5) is 0 Å². The molecule has 0 amide bonds. The number of hydrogen-bond donors (Lipinski definition) is 0. The Labute approximate surface area is 131 Å². The third kappa shape index (κ3) is 3.33. The molecule has 8 heteroatoms. The summed E-state index contributed by atoms with van der Waals surface area (Å²) < 4.78 is 10.9. The SMILES string of the molecule is CCCc1noc(C(C)Sc2nnc(-c3cccnc3)o2)n1. The smallest absolute Gasteiger partial charge is 0.277 e. The lowest BCUT2D eigenvalue weighted by atomic mass is 10.3. The zero-order valence-corrected chi connectivity index (χ0v) is 13.1. The van der Waals surface area contributed by atoms with Gasteiger partial charge in [0, 0.05) is 18.8 Å². The quantitative estimate of drug-likeness (QED) is 0.639. The second kappa shape index (κ2) is 6.69. The van der Waals surface area contributed by atoms with E-state index in [0.717, 1.165) is 24.2 Å². The number of thioether (sulfide) groups is 1. The van der Waals surface area contributed by atoms with Gasteiger partial charge < -0.3 is 8.94 Å². The second-order valence-electron chi connectivity index (χ2n) is 4.67. The van der Waals surface area contributed by atoms with E-state index in [9.17, 15) is 0 Å². The van der Waals surface area contributed by atoms with Crippen LogP contribution in [0.1, 0.15) is 37.2 Å². The van der Waals surface area contributed by atoms with Gasteiger partial charge in [-0.05, 0) is 25.5 Å². The Bertz CT molecular complexity index is 728. The predicted molar refractivity (Wildman–Crippen MR) is 80.1 cm³/mol. The first-order valence-corrected chi connectivity index (χ1v) is 7.87. The van der Waals surface area contributed by atoms with Crippen molar-refractivity contribution < 1.29 is 8.94 Å². The third-order valence-electron chi connectivity index (χ3n) is 2.90. The predicted octanol–water partition coefficient (Wildman–Crippen LogP) is 3.32. The van der Waals surface area contributed by atoms with E-state index in [-0.39, 0.29) is 5.25 Å². The molecule has 0 aromatic carbocycles. The van der Waals surface area contributed by atoms with Crippen LogP contribution >= 0.6 is 11.8 Å². The summed E-state index contributed by atoms with van der Waals surface area (Å²) in [6.45, 7) is 4.04. The molecule has 0 fully saturated rings. The topological polar surface area (TPSA) is 90.7 Å². The summed E-state index contributed by atoms with van der Waals surface area (Å²) in [5.41, 5.74) is 0.789. The molecule has 7 nitrogen and oxygen atoms in total. The molecule has 1 atom stereocenters. The lowest BCUT2D eigenvalue weighted by molar-refractivity contribution is 0.373. The lowest BCUT2D eigenvalue weighted by Crippen LogP contribution is -1.90. The van der Waals surface area contributed by atoms with E-state index in [0.29, 0.717) is 17.0 Å². The summed E-state index contributed by atoms with van der Waals surface area (Å²) >= 11 is 1.39. The molecule has 0 saturated heterocycles. The normalized spacial score (nSPS) is 12.5. The molecule has 0 radical (unpaired) electrons. The molecule has 114 valence electrons. The summed E-state index contributed by atoms with van der Waals surface area (Å²) in [6, 6.07) is 3.69. The molecule has 1 unspecified atom stereocenters. The first-order valence-electron chi connectivity index (χ1n) is 6.99. The van der Waals surface area contributed by atoms with Gasteiger partial charge in [0.1, 0.15) is 0 Å². The van der Waals surface area contributed by atoms with E-state index in [4.69, 9.17) is 8.94 Å². The maximum Gasteiger partial charge on any atom is 0.277 e. The molecule has 3 rings (SSSR count). The molecule has 0 aliphatic rings. The molecule has 22 heavy (non-hydrogen) atoms. The fourth-order valence-electron chi connectivity index (χ4n) is 1.82. The van der Waals surface area contributed by atoms with Gasteiger partial charge in [-0.3, -0.25) is 4.98 Å². The second-order valence-corrected chi connectivity index (χ2v) is 5.97. The molecular weight excluding hydrogens is 302 g/mol. The van der Waals surface area contributed by atoms with Gasteiger partial charge in [0.05, 0.1) is 10.8 Å². The van der Waals surface area contributed by atoms with Gasteiger partial charge in [-0.1, -0.05) is 23.8 Å². The molecule has 0 aliphatic heterocycles. The minimum atomic E-state index is -0.0553. The highest BCUT2D eigenvalue weighted by Gasteiger charge is 2.19. The molecule has 3 aromatic rings. The van der Waals surface area contributed by atoms with Crippen LogP contribution in [0, 0.1) is 0 Å². The standard InChI is InChI=1S/C14H15N5O2S/c1-3-5-11-16-12(21-19-11)9(2)22-14-18-17-13(20-14)10-6-4-7-15-8-10/h4,6-9H,3,5H2,1-2H3. The highest BCUT2D eigenvalue weighted by molar-refractivity contribution is 7.99. The fourth-order valence-corrected chi connectivity index (χ4v) is 2.54. The maximum atomic E-state index is 5.63. The van der Waals surface area contributed by atoms with Crippen LogP contribution in [-0.2, 0) is 6.42 Å². The van der Waals surface area contributed by atoms with E-state index >= 15 is 0 Å². The third-order valence-corrected chi connectivity index (χ3v) is 3.82. The van der Waals surface area contributed by atoms with Crippen molar-refractivity contribution in [3.05, 3.63) is 36.2 Å². The van der Waals surface area contributed by atoms with Crippen molar-refractivity contribution in [1.29, 1.82) is 0 Å². The Morgan fingerprint density at radius 2 is 2.23 bits per heavy atom. The van der Waals surface area contributed by atoms with Crippen LogP contribution in [0.15, 0.2) is 38.7 Å². The monoisotopic (exact) mass is 317 g/mol. The average molecular weight is 317 g/mol. The highest BCUT2D eigenvalue weighted by atomic mass is 32.2. The summed E-state index contributed by atoms with van der Waals surface area (Å²) in [4.78, 5) is 8.39. The highest BCUT2D eigenvalue weighted by Crippen LogP contribution is 2.34. The molecule has 3 heterocycles. The molecule has 0 spiro atoms. The van der Waals surface area contributed by atoms with Crippen molar-refractivity contribution >= 4 is 11.8 Å². The Hall–Kier alpha value is -2.22. The largest absolute Gasteiger partial charge is 0.411 e. The fraction of sp³-hybridized carbons (Fsp3) is 0.357. The minimum absolute atomic E-state index is 0.0553. The van der Waals surface area contributed by atoms with Crippen LogP contribution in [0.3, 0.4) is 0 Å². The van der Waals surface area contributed by atoms with Crippen molar-refractivity contribution in [2.75, 3.05) is 0 Å². The first-order chi connectivity index (χ1) is 10.8. The van der Waals surface area contributed by atoms with Crippen LogP contribution in [0.25, 0.3) is 11.5 Å². The Morgan fingerprint density at radius 1 is 1.32 bits per heavy atom.